The van der Waals surface area contributed by atoms with E-state index in [1.54, 1.807) is 0 Å². The second-order valence-corrected chi connectivity index (χ2v) is 3.41. The normalized spacial score (nSPS) is 22.3. The van der Waals surface area contributed by atoms with Crippen molar-refractivity contribution in [3.63, 3.8) is 0 Å². The Labute approximate surface area is 87.3 Å². The molecule has 0 aromatic rings. The second-order valence-electron chi connectivity index (χ2n) is 3.41. The monoisotopic (exact) mass is 217 g/mol. The predicted molar refractivity (Wildman–Crippen MR) is 49.8 cm³/mol. The Balaban J connectivity index is 2.26. The van der Waals surface area contributed by atoms with Crippen molar-refractivity contribution < 1.29 is 24.2 Å². The van der Waals surface area contributed by atoms with Gasteiger partial charge < -0.3 is 20.3 Å². The number of ether oxygens (including phenoxy) is 2. The first-order valence-corrected chi connectivity index (χ1v) is 4.86. The summed E-state index contributed by atoms with van der Waals surface area (Å²) in [7, 11) is 0. The van der Waals surface area contributed by atoms with Gasteiger partial charge in [-0.05, 0) is 6.42 Å². The molecular formula is C9H15NO5. The highest BCUT2D eigenvalue weighted by atomic mass is 16.6. The highest BCUT2D eigenvalue weighted by Crippen LogP contribution is 2.11. The molecule has 1 aliphatic rings. The first-order valence-electron chi connectivity index (χ1n) is 4.86. The van der Waals surface area contributed by atoms with Crippen LogP contribution in [0.4, 0.5) is 0 Å². The zero-order valence-electron chi connectivity index (χ0n) is 8.35. The molecule has 0 bridgehead atoms. The van der Waals surface area contributed by atoms with Gasteiger partial charge in [0.25, 0.3) is 0 Å². The van der Waals surface area contributed by atoms with Crippen LogP contribution in [0.15, 0.2) is 0 Å². The molecule has 1 aliphatic heterocycles. The van der Waals surface area contributed by atoms with Crippen LogP contribution in [0.1, 0.15) is 19.3 Å². The van der Waals surface area contributed by atoms with Crippen molar-refractivity contribution in [2.45, 2.75) is 31.4 Å². The number of rotatable bonds is 5. The molecule has 2 unspecified atom stereocenters. The van der Waals surface area contributed by atoms with Gasteiger partial charge in [-0.15, -0.1) is 0 Å². The van der Waals surface area contributed by atoms with Crippen molar-refractivity contribution in [2.24, 2.45) is 5.73 Å². The third-order valence-electron chi connectivity index (χ3n) is 2.09. The quantitative estimate of drug-likeness (QED) is 0.570. The molecule has 0 aromatic carbocycles. The number of carbonyl (C=O) groups is 2. The molecule has 0 aromatic heterocycles. The fraction of sp³-hybridized carbons (Fsp3) is 0.778. The molecule has 1 rings (SSSR count). The van der Waals surface area contributed by atoms with Gasteiger partial charge in [0.05, 0.1) is 13.0 Å². The first-order chi connectivity index (χ1) is 7.13. The molecule has 3 N–H and O–H groups in total. The maximum atomic E-state index is 11.2. The van der Waals surface area contributed by atoms with Crippen LogP contribution in [0.2, 0.25) is 0 Å². The van der Waals surface area contributed by atoms with Gasteiger partial charge in [0.15, 0.2) is 0 Å². The molecule has 15 heavy (non-hydrogen) atoms. The van der Waals surface area contributed by atoms with E-state index in [0.29, 0.717) is 19.4 Å². The summed E-state index contributed by atoms with van der Waals surface area (Å²) in [5.41, 5.74) is 5.52. The molecule has 0 saturated carbocycles. The fourth-order valence-corrected chi connectivity index (χ4v) is 1.27. The van der Waals surface area contributed by atoms with Crippen molar-refractivity contribution in [3.05, 3.63) is 0 Å². The number of nitrogens with two attached hydrogens (primary N) is 1. The maximum absolute atomic E-state index is 11.2. The largest absolute Gasteiger partial charge is 0.463 e. The predicted octanol–water partition coefficient (Wildman–Crippen LogP) is -1.06. The van der Waals surface area contributed by atoms with E-state index < -0.39 is 24.1 Å². The number of carbonyl (C=O) groups excluding carboxylic acids is 2. The number of hydrogen-bond donors (Lipinski definition) is 2. The van der Waals surface area contributed by atoms with Crippen LogP contribution >= 0.6 is 0 Å². The molecule has 6 nitrogen and oxygen atoms in total. The van der Waals surface area contributed by atoms with Gasteiger partial charge in [-0.1, -0.05) is 0 Å². The van der Waals surface area contributed by atoms with Gasteiger partial charge >= 0.3 is 11.9 Å². The number of hydrogen-bond acceptors (Lipinski definition) is 6. The van der Waals surface area contributed by atoms with Crippen molar-refractivity contribution in [3.8, 4) is 0 Å². The van der Waals surface area contributed by atoms with Gasteiger partial charge in [0.2, 0.25) is 6.10 Å². The average molecular weight is 217 g/mol. The van der Waals surface area contributed by atoms with E-state index >= 15 is 0 Å². The Hall–Kier alpha value is -1.14. The molecule has 0 spiro atoms. The van der Waals surface area contributed by atoms with Crippen LogP contribution in [0.5, 0.6) is 0 Å². The molecule has 1 heterocycles. The summed E-state index contributed by atoms with van der Waals surface area (Å²) in [4.78, 5) is 22.2. The molecule has 86 valence electrons. The van der Waals surface area contributed by atoms with Crippen molar-refractivity contribution in [1.82, 2.24) is 0 Å². The van der Waals surface area contributed by atoms with Gasteiger partial charge in [-0.25, -0.2) is 4.79 Å². The van der Waals surface area contributed by atoms with E-state index in [1.807, 2.05) is 0 Å². The zero-order valence-corrected chi connectivity index (χ0v) is 8.35. The van der Waals surface area contributed by atoms with Crippen LogP contribution in [0.25, 0.3) is 0 Å². The van der Waals surface area contributed by atoms with Crippen LogP contribution < -0.4 is 5.73 Å². The van der Waals surface area contributed by atoms with E-state index in [0.717, 1.165) is 0 Å². The van der Waals surface area contributed by atoms with E-state index in [2.05, 4.69) is 4.74 Å². The minimum absolute atomic E-state index is 0.00431. The van der Waals surface area contributed by atoms with Gasteiger partial charge in [0, 0.05) is 19.1 Å². The lowest BCUT2D eigenvalue weighted by Gasteiger charge is -2.11. The number of aliphatic hydroxyl groups is 1. The summed E-state index contributed by atoms with van der Waals surface area (Å²) >= 11 is 0. The summed E-state index contributed by atoms with van der Waals surface area (Å²) in [6, 6.07) is -0.431. The summed E-state index contributed by atoms with van der Waals surface area (Å²) in [6.07, 6.45) is -0.0345. The maximum Gasteiger partial charge on any atom is 0.347 e. The summed E-state index contributed by atoms with van der Waals surface area (Å²) in [5, 5.41) is 8.57. The lowest BCUT2D eigenvalue weighted by molar-refractivity contribution is -0.160. The molecule has 0 radical (unpaired) electrons. The van der Waals surface area contributed by atoms with Crippen LogP contribution in [0.3, 0.4) is 0 Å². The van der Waals surface area contributed by atoms with Crippen molar-refractivity contribution in [2.75, 3.05) is 13.2 Å². The second kappa shape index (κ2) is 5.67. The zero-order chi connectivity index (χ0) is 11.3. The SMILES string of the molecule is NC(CCO)CC(=O)OC1CCOC1=O. The molecule has 0 amide bonds. The molecule has 6 heteroatoms. The van der Waals surface area contributed by atoms with Crippen LogP contribution in [-0.4, -0.2) is 42.4 Å². The van der Waals surface area contributed by atoms with Crippen molar-refractivity contribution in [1.29, 1.82) is 0 Å². The Kier molecular flexibility index (Phi) is 4.51. The number of esters is 2. The van der Waals surface area contributed by atoms with Crippen LogP contribution in [-0.2, 0) is 19.1 Å². The molecule has 0 aliphatic carbocycles. The molecule has 2 atom stereocenters. The summed E-state index contributed by atoms with van der Waals surface area (Å²) < 4.78 is 9.50. The third-order valence-corrected chi connectivity index (χ3v) is 2.09. The smallest absolute Gasteiger partial charge is 0.347 e. The summed E-state index contributed by atoms with van der Waals surface area (Å²) in [5.74, 6) is -1.03. The third kappa shape index (κ3) is 3.85. The van der Waals surface area contributed by atoms with E-state index in [-0.39, 0.29) is 13.0 Å². The van der Waals surface area contributed by atoms with E-state index in [9.17, 15) is 9.59 Å². The lowest BCUT2D eigenvalue weighted by Crippen LogP contribution is -2.29. The van der Waals surface area contributed by atoms with Crippen LogP contribution in [0, 0.1) is 0 Å². The lowest BCUT2D eigenvalue weighted by atomic mass is 10.1. The standard InChI is InChI=1S/C9H15NO5/c10-6(1-3-11)5-8(12)15-7-2-4-14-9(7)13/h6-7,11H,1-5,10H2. The first kappa shape index (κ1) is 11.9. The number of aliphatic hydroxyl groups excluding tert-OH is 1. The average Bonchev–Trinajstić information content (AvgIpc) is 2.52. The van der Waals surface area contributed by atoms with E-state index in [1.165, 1.54) is 0 Å². The fourth-order valence-electron chi connectivity index (χ4n) is 1.27. The molecule has 1 saturated heterocycles. The topological polar surface area (TPSA) is 98.8 Å². The Bertz CT molecular complexity index is 243. The minimum atomic E-state index is -0.779. The molecular weight excluding hydrogens is 202 g/mol. The molecule has 1 fully saturated rings. The Morgan fingerprint density at radius 3 is 3.00 bits per heavy atom. The highest BCUT2D eigenvalue weighted by molar-refractivity contribution is 5.80. The van der Waals surface area contributed by atoms with E-state index in [4.69, 9.17) is 15.6 Å². The van der Waals surface area contributed by atoms with Gasteiger partial charge in [0.1, 0.15) is 0 Å². The van der Waals surface area contributed by atoms with Gasteiger partial charge in [-0.3, -0.25) is 4.79 Å². The van der Waals surface area contributed by atoms with Gasteiger partial charge in [-0.2, -0.15) is 0 Å². The number of cyclic esters (lactones) is 1. The summed E-state index contributed by atoms with van der Waals surface area (Å²) in [6.45, 7) is 0.222. The Morgan fingerprint density at radius 1 is 1.73 bits per heavy atom. The minimum Gasteiger partial charge on any atom is -0.463 e. The Morgan fingerprint density at radius 2 is 2.47 bits per heavy atom. The van der Waals surface area contributed by atoms with Crippen molar-refractivity contribution >= 4 is 11.9 Å². The highest BCUT2D eigenvalue weighted by Gasteiger charge is 2.30.